The fraction of sp³-hybridized carbons (Fsp3) is 0.571. The molecule has 1 aromatic carbocycles. The van der Waals surface area contributed by atoms with Gasteiger partial charge in [-0.2, -0.15) is 0 Å². The lowest BCUT2D eigenvalue weighted by atomic mass is 10.1. The summed E-state index contributed by atoms with van der Waals surface area (Å²) in [6, 6.07) is 4.52. The number of nitrogens with zero attached hydrogens (tertiary/aromatic N) is 1. The molecule has 18 heavy (non-hydrogen) atoms. The Bertz CT molecular complexity index is 365. The quantitative estimate of drug-likeness (QED) is 0.808. The molecule has 0 N–H and O–H groups in total. The second-order valence-corrected chi connectivity index (χ2v) is 4.63. The largest absolute Gasteiger partial charge is 0.487 e. The molecule has 1 heterocycles. The van der Waals surface area contributed by atoms with E-state index in [1.165, 1.54) is 6.07 Å². The predicted molar refractivity (Wildman–Crippen MR) is 73.9 cm³/mol. The Kier molecular flexibility index (Phi) is 6.44. The van der Waals surface area contributed by atoms with Crippen LogP contribution in [0, 0.1) is 5.82 Å². The molecule has 1 fully saturated rings. The number of halogens is 2. The van der Waals surface area contributed by atoms with Crippen molar-refractivity contribution in [2.24, 2.45) is 0 Å². The van der Waals surface area contributed by atoms with Crippen molar-refractivity contribution in [1.29, 1.82) is 0 Å². The van der Waals surface area contributed by atoms with Crippen LogP contribution in [0.1, 0.15) is 26.7 Å². The Morgan fingerprint density at radius 3 is 2.44 bits per heavy atom. The first-order valence-electron chi connectivity index (χ1n) is 6.45. The van der Waals surface area contributed by atoms with Crippen molar-refractivity contribution in [3.63, 3.8) is 0 Å². The molecule has 0 aromatic heterocycles. The molecule has 2 rings (SSSR count). The van der Waals surface area contributed by atoms with Gasteiger partial charge in [0.25, 0.3) is 0 Å². The van der Waals surface area contributed by atoms with Gasteiger partial charge in [0.1, 0.15) is 6.10 Å². The van der Waals surface area contributed by atoms with Gasteiger partial charge in [-0.1, -0.05) is 25.4 Å². The third-order valence-corrected chi connectivity index (χ3v) is 3.09. The van der Waals surface area contributed by atoms with Crippen LogP contribution >= 0.6 is 11.6 Å². The third kappa shape index (κ3) is 4.46. The Hall–Kier alpha value is -0.800. The average Bonchev–Trinajstić information content (AvgIpc) is 2.38. The summed E-state index contributed by atoms with van der Waals surface area (Å²) in [5.74, 6) is -0.0784. The molecule has 1 aliphatic rings. The highest BCUT2D eigenvalue weighted by molar-refractivity contribution is 6.30. The number of likely N-dealkylation sites (tertiary alicyclic amines) is 1. The van der Waals surface area contributed by atoms with Crippen molar-refractivity contribution in [3.8, 4) is 5.75 Å². The van der Waals surface area contributed by atoms with Gasteiger partial charge >= 0.3 is 0 Å². The normalized spacial score (nSPS) is 16.9. The number of benzene rings is 1. The van der Waals surface area contributed by atoms with Crippen LogP contribution < -0.4 is 4.74 Å². The standard InChI is InChI=1S/C12H15ClFNO.C2H6/c1-15-6-4-10(5-7-15)16-12-3-2-9(13)8-11(12)14;1-2/h2-3,8,10H,4-7H2,1H3;1-2H3. The fourth-order valence-corrected chi connectivity index (χ4v) is 2.01. The highest BCUT2D eigenvalue weighted by Gasteiger charge is 2.19. The minimum atomic E-state index is -0.383. The van der Waals surface area contributed by atoms with Gasteiger partial charge in [0.2, 0.25) is 0 Å². The minimum Gasteiger partial charge on any atom is -0.487 e. The van der Waals surface area contributed by atoms with Gasteiger partial charge in [0, 0.05) is 18.1 Å². The van der Waals surface area contributed by atoms with Crippen molar-refractivity contribution < 1.29 is 9.13 Å². The van der Waals surface area contributed by atoms with E-state index in [1.54, 1.807) is 12.1 Å². The van der Waals surface area contributed by atoms with E-state index in [9.17, 15) is 4.39 Å². The summed E-state index contributed by atoms with van der Waals surface area (Å²) in [4.78, 5) is 2.25. The summed E-state index contributed by atoms with van der Waals surface area (Å²) >= 11 is 5.68. The lowest BCUT2D eigenvalue weighted by Gasteiger charge is -2.29. The molecule has 1 saturated heterocycles. The fourth-order valence-electron chi connectivity index (χ4n) is 1.85. The molecule has 102 valence electrons. The summed E-state index contributed by atoms with van der Waals surface area (Å²) in [5.41, 5.74) is 0. The van der Waals surface area contributed by atoms with Gasteiger partial charge in [-0.15, -0.1) is 0 Å². The van der Waals surface area contributed by atoms with E-state index in [1.807, 2.05) is 13.8 Å². The highest BCUT2D eigenvalue weighted by atomic mass is 35.5. The number of piperidine rings is 1. The van der Waals surface area contributed by atoms with Crippen molar-refractivity contribution in [2.75, 3.05) is 20.1 Å². The van der Waals surface area contributed by atoms with Gasteiger partial charge in [-0.25, -0.2) is 4.39 Å². The predicted octanol–water partition coefficient (Wildman–Crippen LogP) is 3.98. The zero-order valence-corrected chi connectivity index (χ0v) is 12.0. The first-order valence-corrected chi connectivity index (χ1v) is 6.83. The molecule has 1 aromatic rings. The Labute approximate surface area is 114 Å². The molecule has 0 radical (unpaired) electrons. The zero-order chi connectivity index (χ0) is 13.5. The maximum absolute atomic E-state index is 13.5. The van der Waals surface area contributed by atoms with E-state index in [0.717, 1.165) is 25.9 Å². The SMILES string of the molecule is CC.CN1CCC(Oc2ccc(Cl)cc2F)CC1. The molecule has 0 aliphatic carbocycles. The van der Waals surface area contributed by atoms with Crippen molar-refractivity contribution in [2.45, 2.75) is 32.8 Å². The Morgan fingerprint density at radius 1 is 1.28 bits per heavy atom. The van der Waals surface area contributed by atoms with Crippen LogP contribution in [0.4, 0.5) is 4.39 Å². The van der Waals surface area contributed by atoms with Crippen molar-refractivity contribution in [3.05, 3.63) is 29.0 Å². The smallest absolute Gasteiger partial charge is 0.166 e. The van der Waals surface area contributed by atoms with Crippen LogP contribution in [0.15, 0.2) is 18.2 Å². The monoisotopic (exact) mass is 273 g/mol. The van der Waals surface area contributed by atoms with E-state index in [4.69, 9.17) is 16.3 Å². The maximum Gasteiger partial charge on any atom is 0.166 e. The lowest BCUT2D eigenvalue weighted by molar-refractivity contribution is 0.110. The minimum absolute atomic E-state index is 0.117. The molecule has 4 heteroatoms. The van der Waals surface area contributed by atoms with Gasteiger partial charge in [-0.3, -0.25) is 0 Å². The van der Waals surface area contributed by atoms with Crippen LogP contribution in [-0.4, -0.2) is 31.1 Å². The van der Waals surface area contributed by atoms with Gasteiger partial charge < -0.3 is 9.64 Å². The van der Waals surface area contributed by atoms with E-state index >= 15 is 0 Å². The summed E-state index contributed by atoms with van der Waals surface area (Å²) in [6.45, 7) is 6.00. The summed E-state index contributed by atoms with van der Waals surface area (Å²) < 4.78 is 19.1. The van der Waals surface area contributed by atoms with E-state index in [2.05, 4.69) is 11.9 Å². The molecule has 1 aliphatic heterocycles. The van der Waals surface area contributed by atoms with Crippen LogP contribution in [0.2, 0.25) is 5.02 Å². The maximum atomic E-state index is 13.5. The second kappa shape index (κ2) is 7.59. The average molecular weight is 274 g/mol. The van der Waals surface area contributed by atoms with Gasteiger partial charge in [0.05, 0.1) is 0 Å². The molecule has 2 nitrogen and oxygen atoms in total. The molecule has 0 spiro atoms. The number of hydrogen-bond acceptors (Lipinski definition) is 2. The van der Waals surface area contributed by atoms with Crippen LogP contribution in [0.5, 0.6) is 5.75 Å². The second-order valence-electron chi connectivity index (χ2n) is 4.20. The molecule has 0 bridgehead atoms. The van der Waals surface area contributed by atoms with Crippen LogP contribution in [0.25, 0.3) is 0 Å². The number of ether oxygens (including phenoxy) is 1. The third-order valence-electron chi connectivity index (χ3n) is 2.85. The molecular weight excluding hydrogens is 253 g/mol. The molecule has 0 unspecified atom stereocenters. The van der Waals surface area contributed by atoms with E-state index in [-0.39, 0.29) is 11.9 Å². The number of hydrogen-bond donors (Lipinski definition) is 0. The van der Waals surface area contributed by atoms with Crippen molar-refractivity contribution >= 4 is 11.6 Å². The molecular formula is C14H21ClFNO. The summed E-state index contributed by atoms with van der Waals surface area (Å²) in [7, 11) is 2.08. The first kappa shape index (κ1) is 15.3. The summed E-state index contributed by atoms with van der Waals surface area (Å²) in [6.07, 6.45) is 2.00. The van der Waals surface area contributed by atoms with Gasteiger partial charge in [-0.05, 0) is 38.1 Å². The number of rotatable bonds is 2. The first-order chi connectivity index (χ1) is 8.65. The Morgan fingerprint density at radius 2 is 1.89 bits per heavy atom. The van der Waals surface area contributed by atoms with E-state index in [0.29, 0.717) is 10.8 Å². The van der Waals surface area contributed by atoms with E-state index < -0.39 is 0 Å². The highest BCUT2D eigenvalue weighted by Crippen LogP contribution is 2.24. The molecule has 0 amide bonds. The van der Waals surface area contributed by atoms with Gasteiger partial charge in [0.15, 0.2) is 11.6 Å². The molecule has 0 saturated carbocycles. The van der Waals surface area contributed by atoms with Crippen LogP contribution in [-0.2, 0) is 0 Å². The van der Waals surface area contributed by atoms with Crippen molar-refractivity contribution in [1.82, 2.24) is 4.90 Å². The van der Waals surface area contributed by atoms with Crippen LogP contribution in [0.3, 0.4) is 0 Å². The lowest BCUT2D eigenvalue weighted by Crippen LogP contribution is -2.35. The molecule has 0 atom stereocenters. The topological polar surface area (TPSA) is 12.5 Å². The zero-order valence-electron chi connectivity index (χ0n) is 11.2. The Balaban J connectivity index is 0.000000771. The summed E-state index contributed by atoms with van der Waals surface area (Å²) in [5, 5.41) is 0.397.